The van der Waals surface area contributed by atoms with Gasteiger partial charge in [0, 0.05) is 37.4 Å². The fourth-order valence-electron chi connectivity index (χ4n) is 3.81. The Bertz CT molecular complexity index is 1330. The molecule has 186 valence electrons. The van der Waals surface area contributed by atoms with Crippen molar-refractivity contribution in [2.45, 2.75) is 26.4 Å². The molecule has 0 radical (unpaired) electrons. The van der Waals surface area contributed by atoms with Gasteiger partial charge in [-0.05, 0) is 42.6 Å². The Labute approximate surface area is 209 Å². The van der Waals surface area contributed by atoms with Crippen molar-refractivity contribution in [2.24, 2.45) is 5.73 Å². The van der Waals surface area contributed by atoms with Crippen LogP contribution in [-0.4, -0.2) is 44.0 Å². The number of H-pyrrole nitrogens is 2. The molecule has 0 atom stereocenters. The van der Waals surface area contributed by atoms with E-state index in [1.54, 1.807) is 18.5 Å². The number of aryl methyl sites for hydroxylation is 1. The number of carbonyl (C=O) groups is 1. The van der Waals surface area contributed by atoms with Crippen LogP contribution in [0.15, 0.2) is 71.9 Å². The first-order chi connectivity index (χ1) is 17.5. The first-order valence-electron chi connectivity index (χ1n) is 11.7. The molecule has 10 nitrogen and oxygen atoms in total. The second-order valence-corrected chi connectivity index (χ2v) is 8.45. The van der Waals surface area contributed by atoms with Crippen molar-refractivity contribution >= 4 is 17.7 Å². The maximum atomic E-state index is 12.7. The number of urea groups is 1. The van der Waals surface area contributed by atoms with Crippen LogP contribution < -0.4 is 21.9 Å². The van der Waals surface area contributed by atoms with E-state index in [0.29, 0.717) is 24.3 Å². The molecular weight excluding hydrogens is 456 g/mol. The lowest BCUT2D eigenvalue weighted by Gasteiger charge is -2.21. The highest BCUT2D eigenvalue weighted by Gasteiger charge is 2.11. The first kappa shape index (κ1) is 24.8. The quantitative estimate of drug-likeness (QED) is 0.232. The number of nitrogens with two attached hydrogens (primary N) is 1. The molecule has 4 rings (SSSR count). The minimum absolute atomic E-state index is 0.0694. The number of aromatic nitrogens is 4. The number of aromatic amines is 2. The highest BCUT2D eigenvalue weighted by Crippen LogP contribution is 2.18. The van der Waals surface area contributed by atoms with Gasteiger partial charge >= 0.3 is 6.03 Å². The molecule has 0 saturated carbocycles. The van der Waals surface area contributed by atoms with Gasteiger partial charge < -0.3 is 21.0 Å². The number of nitrogens with zero attached hydrogens (tertiary/aromatic N) is 3. The average Bonchev–Trinajstić information content (AvgIpc) is 3.38. The summed E-state index contributed by atoms with van der Waals surface area (Å²) >= 11 is 0. The minimum Gasteiger partial charge on any atom is -0.348 e. The van der Waals surface area contributed by atoms with E-state index in [0.717, 1.165) is 42.0 Å². The zero-order valence-electron chi connectivity index (χ0n) is 20.1. The van der Waals surface area contributed by atoms with Crippen LogP contribution in [0.5, 0.6) is 0 Å². The fraction of sp³-hybridized carbons (Fsp3) is 0.231. The van der Waals surface area contributed by atoms with Gasteiger partial charge in [-0.1, -0.05) is 42.5 Å². The molecule has 6 N–H and O–H groups in total. The monoisotopic (exact) mass is 486 g/mol. The van der Waals surface area contributed by atoms with Gasteiger partial charge in [-0.25, -0.2) is 9.78 Å². The lowest BCUT2D eigenvalue weighted by Crippen LogP contribution is -2.26. The van der Waals surface area contributed by atoms with Crippen LogP contribution in [0.2, 0.25) is 0 Å². The van der Waals surface area contributed by atoms with E-state index in [1.165, 1.54) is 0 Å². The van der Waals surface area contributed by atoms with Crippen molar-refractivity contribution in [3.8, 4) is 11.1 Å². The predicted octanol–water partition coefficient (Wildman–Crippen LogP) is 3.46. The summed E-state index contributed by atoms with van der Waals surface area (Å²) in [7, 11) is 0. The van der Waals surface area contributed by atoms with Crippen molar-refractivity contribution in [1.82, 2.24) is 24.8 Å². The van der Waals surface area contributed by atoms with E-state index in [4.69, 9.17) is 5.73 Å². The van der Waals surface area contributed by atoms with E-state index in [2.05, 4.69) is 35.5 Å². The Hall–Kier alpha value is -4.28. The predicted molar refractivity (Wildman–Crippen MR) is 140 cm³/mol. The molecule has 2 amide bonds. The van der Waals surface area contributed by atoms with Gasteiger partial charge in [0.2, 0.25) is 5.95 Å². The molecule has 2 aromatic heterocycles. The molecule has 0 aliphatic carbocycles. The third-order valence-corrected chi connectivity index (χ3v) is 5.70. The number of imidazole rings is 1. The molecule has 0 spiro atoms. The largest absolute Gasteiger partial charge is 0.348 e. The number of benzene rings is 2. The highest BCUT2D eigenvalue weighted by atomic mass is 16.2. The standard InChI is InChI=1S/C26H30N8O2/c1-18-5-2-3-6-22(18)31-26(36)33-25-30-15-21(24(35)32-25)20-9-7-19(8-10-20)16-34(14-4-11-27)17-23-28-12-13-29-23/h2-3,5-10,12-13,15H,4,11,14,16-17,27H2,1H3,(H,28,29)(H3,30,31,32,33,35,36). The molecule has 0 aliphatic heterocycles. The Kier molecular flexibility index (Phi) is 8.22. The number of anilines is 2. The van der Waals surface area contributed by atoms with Crippen LogP contribution in [0.3, 0.4) is 0 Å². The number of para-hydroxylation sites is 1. The normalized spacial score (nSPS) is 11.0. The van der Waals surface area contributed by atoms with Crippen molar-refractivity contribution < 1.29 is 4.79 Å². The van der Waals surface area contributed by atoms with Crippen LogP contribution in [0.25, 0.3) is 11.1 Å². The maximum absolute atomic E-state index is 12.7. The third kappa shape index (κ3) is 6.65. The summed E-state index contributed by atoms with van der Waals surface area (Å²) in [6, 6.07) is 14.7. The van der Waals surface area contributed by atoms with Crippen LogP contribution in [0.1, 0.15) is 23.4 Å². The Morgan fingerprint density at radius 2 is 1.86 bits per heavy atom. The Morgan fingerprint density at radius 3 is 2.56 bits per heavy atom. The summed E-state index contributed by atoms with van der Waals surface area (Å²) in [6.45, 7) is 4.81. The number of nitrogens with one attached hydrogen (secondary N) is 4. The van der Waals surface area contributed by atoms with Gasteiger partial charge in [-0.3, -0.25) is 15.0 Å². The Morgan fingerprint density at radius 1 is 1.06 bits per heavy atom. The van der Waals surface area contributed by atoms with Crippen molar-refractivity contribution in [3.63, 3.8) is 0 Å². The van der Waals surface area contributed by atoms with Gasteiger partial charge in [-0.2, -0.15) is 4.98 Å². The highest BCUT2D eigenvalue weighted by molar-refractivity contribution is 5.99. The fourth-order valence-corrected chi connectivity index (χ4v) is 3.81. The maximum Gasteiger partial charge on any atom is 0.326 e. The number of rotatable bonds is 10. The second kappa shape index (κ2) is 11.9. The summed E-state index contributed by atoms with van der Waals surface area (Å²) in [6.07, 6.45) is 6.00. The van der Waals surface area contributed by atoms with Crippen molar-refractivity contribution in [3.05, 3.63) is 94.4 Å². The molecule has 10 heteroatoms. The zero-order valence-corrected chi connectivity index (χ0v) is 20.1. The number of amides is 2. The molecular formula is C26H30N8O2. The van der Waals surface area contributed by atoms with Crippen LogP contribution in [0.4, 0.5) is 16.4 Å². The number of carbonyl (C=O) groups excluding carboxylic acids is 1. The van der Waals surface area contributed by atoms with Gasteiger partial charge in [0.05, 0.1) is 12.1 Å². The molecule has 0 fully saturated rings. The van der Waals surface area contributed by atoms with Gasteiger partial charge in [0.1, 0.15) is 5.82 Å². The summed E-state index contributed by atoms with van der Waals surface area (Å²) in [5.74, 6) is 0.974. The Balaban J connectivity index is 1.40. The molecule has 2 aromatic carbocycles. The SMILES string of the molecule is Cc1ccccc1NC(=O)Nc1nc(=O)c(-c2ccc(CN(CCCN)Cc3ncc[nH]3)cc2)c[nH]1. The summed E-state index contributed by atoms with van der Waals surface area (Å²) in [5.41, 5.74) is 9.14. The second-order valence-electron chi connectivity index (χ2n) is 8.45. The third-order valence-electron chi connectivity index (χ3n) is 5.70. The summed E-state index contributed by atoms with van der Waals surface area (Å²) < 4.78 is 0. The average molecular weight is 487 g/mol. The van der Waals surface area contributed by atoms with E-state index >= 15 is 0 Å². The molecule has 4 aromatic rings. The van der Waals surface area contributed by atoms with Crippen molar-refractivity contribution in [1.29, 1.82) is 0 Å². The van der Waals surface area contributed by atoms with E-state index in [1.807, 2.05) is 55.6 Å². The van der Waals surface area contributed by atoms with E-state index < -0.39 is 11.6 Å². The van der Waals surface area contributed by atoms with Gasteiger partial charge in [0.25, 0.3) is 5.56 Å². The van der Waals surface area contributed by atoms with E-state index in [-0.39, 0.29) is 5.95 Å². The molecule has 36 heavy (non-hydrogen) atoms. The molecule has 0 bridgehead atoms. The lowest BCUT2D eigenvalue weighted by atomic mass is 10.1. The van der Waals surface area contributed by atoms with Crippen LogP contribution in [-0.2, 0) is 13.1 Å². The zero-order chi connectivity index (χ0) is 25.3. The van der Waals surface area contributed by atoms with Gasteiger partial charge in [-0.15, -0.1) is 0 Å². The first-order valence-corrected chi connectivity index (χ1v) is 11.7. The summed E-state index contributed by atoms with van der Waals surface area (Å²) in [4.78, 5) is 41.6. The van der Waals surface area contributed by atoms with Crippen LogP contribution in [0, 0.1) is 6.92 Å². The topological polar surface area (TPSA) is 145 Å². The molecule has 0 unspecified atom stereocenters. The van der Waals surface area contributed by atoms with Crippen molar-refractivity contribution in [2.75, 3.05) is 23.7 Å². The molecule has 2 heterocycles. The summed E-state index contributed by atoms with van der Waals surface area (Å²) in [5, 5.41) is 5.31. The molecule has 0 aliphatic rings. The number of hydrogen-bond donors (Lipinski definition) is 5. The molecule has 0 saturated heterocycles. The van der Waals surface area contributed by atoms with E-state index in [9.17, 15) is 9.59 Å². The van der Waals surface area contributed by atoms with Gasteiger partial charge in [0.15, 0.2) is 0 Å². The minimum atomic E-state index is -0.488. The van der Waals surface area contributed by atoms with Crippen LogP contribution >= 0.6 is 0 Å². The lowest BCUT2D eigenvalue weighted by molar-refractivity contribution is 0.249. The number of hydrogen-bond acceptors (Lipinski definition) is 6. The smallest absolute Gasteiger partial charge is 0.326 e.